The Morgan fingerprint density at radius 1 is 1.00 bits per heavy atom. The van der Waals surface area contributed by atoms with Crippen LogP contribution in [0.15, 0.2) is 46.9 Å². The van der Waals surface area contributed by atoms with Gasteiger partial charge in [0.25, 0.3) is 0 Å². The van der Waals surface area contributed by atoms with E-state index in [0.717, 1.165) is 40.9 Å². The Hall–Kier alpha value is -3.08. The van der Waals surface area contributed by atoms with Gasteiger partial charge >= 0.3 is 5.97 Å². The minimum absolute atomic E-state index is 0.0464. The van der Waals surface area contributed by atoms with Crippen LogP contribution in [0.5, 0.6) is 5.75 Å². The van der Waals surface area contributed by atoms with Crippen molar-refractivity contribution in [3.63, 3.8) is 0 Å². The molecule has 5 nitrogen and oxygen atoms in total. The third-order valence-corrected chi connectivity index (χ3v) is 6.82. The summed E-state index contributed by atoms with van der Waals surface area (Å²) < 4.78 is 12.3. The van der Waals surface area contributed by atoms with Gasteiger partial charge in [-0.2, -0.15) is 0 Å². The Labute approximate surface area is 202 Å². The molecule has 3 aromatic rings. The van der Waals surface area contributed by atoms with Crippen molar-refractivity contribution in [1.29, 1.82) is 0 Å². The predicted octanol–water partition coefficient (Wildman–Crippen LogP) is 7.35. The molecule has 182 valence electrons. The number of Topliss-reactive ketones (excluding diaryl/α,β-unsaturated/α-hetero) is 1. The zero-order valence-electron chi connectivity index (χ0n) is 21.3. The number of hydrogen-bond donors (Lipinski definition) is 1. The first kappa shape index (κ1) is 25.5. The van der Waals surface area contributed by atoms with Gasteiger partial charge in [0.05, 0.1) is 11.0 Å². The molecule has 2 aromatic carbocycles. The number of carboxylic acids is 1. The van der Waals surface area contributed by atoms with Crippen molar-refractivity contribution < 1.29 is 23.8 Å². The van der Waals surface area contributed by atoms with E-state index in [1.54, 1.807) is 18.2 Å². The van der Waals surface area contributed by atoms with Crippen molar-refractivity contribution in [2.24, 2.45) is 5.41 Å². The van der Waals surface area contributed by atoms with Crippen LogP contribution in [-0.4, -0.2) is 23.5 Å². The third-order valence-electron chi connectivity index (χ3n) is 6.82. The minimum Gasteiger partial charge on any atom is -0.486 e. The molecule has 1 heterocycles. The van der Waals surface area contributed by atoms with E-state index in [4.69, 9.17) is 9.15 Å². The molecule has 34 heavy (non-hydrogen) atoms. The van der Waals surface area contributed by atoms with Gasteiger partial charge in [-0.05, 0) is 60.2 Å². The summed E-state index contributed by atoms with van der Waals surface area (Å²) in [5, 5.41) is 10.1. The zero-order chi connectivity index (χ0) is 25.3. The number of carboxylic acid groups (broad SMARTS) is 1. The van der Waals surface area contributed by atoms with Crippen LogP contribution in [-0.2, 0) is 10.2 Å². The molecule has 0 atom stereocenters. The maximum atomic E-state index is 12.4. The average Bonchev–Trinajstić information content (AvgIpc) is 3.21. The standard InChI is InChI=1S/C29H36O5/c1-8-29(9-2,26-15-20-14-19(27(31)32)10-12-23(20)34-26)21-11-13-24(22(16-21)18(3)4)33-17-25(30)28(5,6)7/h10-16,18H,8-9,17H2,1-7H3,(H,31,32). The van der Waals surface area contributed by atoms with Gasteiger partial charge < -0.3 is 14.3 Å². The molecule has 0 saturated heterocycles. The monoisotopic (exact) mass is 464 g/mol. The summed E-state index contributed by atoms with van der Waals surface area (Å²) in [6, 6.07) is 13.1. The van der Waals surface area contributed by atoms with Crippen LogP contribution in [0.1, 0.15) is 94.5 Å². The quantitative estimate of drug-likeness (QED) is 0.358. The molecule has 5 heteroatoms. The van der Waals surface area contributed by atoms with Crippen molar-refractivity contribution >= 4 is 22.7 Å². The molecular weight excluding hydrogens is 428 g/mol. The second kappa shape index (κ2) is 9.65. The Morgan fingerprint density at radius 3 is 2.24 bits per heavy atom. The van der Waals surface area contributed by atoms with Crippen LogP contribution in [0.4, 0.5) is 0 Å². The van der Waals surface area contributed by atoms with Gasteiger partial charge in [0.15, 0.2) is 5.78 Å². The molecule has 0 spiro atoms. The Bertz CT molecular complexity index is 1190. The maximum Gasteiger partial charge on any atom is 0.335 e. The van der Waals surface area contributed by atoms with E-state index in [2.05, 4.69) is 39.8 Å². The Kier molecular flexibility index (Phi) is 7.25. The third kappa shape index (κ3) is 4.89. The molecule has 0 radical (unpaired) electrons. The summed E-state index contributed by atoms with van der Waals surface area (Å²) >= 11 is 0. The second-order valence-electron chi connectivity index (χ2n) is 10.3. The summed E-state index contributed by atoms with van der Waals surface area (Å²) in [6.07, 6.45) is 1.63. The first-order valence-corrected chi connectivity index (χ1v) is 12.0. The second-order valence-corrected chi connectivity index (χ2v) is 10.3. The number of furan rings is 1. The smallest absolute Gasteiger partial charge is 0.335 e. The van der Waals surface area contributed by atoms with Gasteiger partial charge in [-0.25, -0.2) is 4.79 Å². The van der Waals surface area contributed by atoms with Gasteiger partial charge in [-0.15, -0.1) is 0 Å². The number of carbonyl (C=O) groups is 2. The fourth-order valence-electron chi connectivity index (χ4n) is 4.35. The van der Waals surface area contributed by atoms with Crippen LogP contribution in [0.25, 0.3) is 11.0 Å². The Morgan fingerprint density at radius 2 is 1.68 bits per heavy atom. The van der Waals surface area contributed by atoms with E-state index < -0.39 is 11.4 Å². The van der Waals surface area contributed by atoms with E-state index >= 15 is 0 Å². The number of fused-ring (bicyclic) bond motifs is 1. The molecule has 1 N–H and O–H groups in total. The van der Waals surface area contributed by atoms with Gasteiger partial charge in [0, 0.05) is 10.8 Å². The first-order chi connectivity index (χ1) is 15.9. The molecule has 3 rings (SSSR count). The molecule has 0 aliphatic carbocycles. The molecule has 0 amide bonds. The number of ketones is 1. The lowest BCUT2D eigenvalue weighted by molar-refractivity contribution is -0.128. The zero-order valence-corrected chi connectivity index (χ0v) is 21.3. The van der Waals surface area contributed by atoms with E-state index in [0.29, 0.717) is 5.58 Å². The number of hydrogen-bond acceptors (Lipinski definition) is 4. The molecule has 0 saturated carbocycles. The van der Waals surface area contributed by atoms with Crippen LogP contribution in [0.2, 0.25) is 0 Å². The van der Waals surface area contributed by atoms with Crippen molar-refractivity contribution in [3.8, 4) is 5.75 Å². The van der Waals surface area contributed by atoms with Crippen LogP contribution < -0.4 is 4.74 Å². The van der Waals surface area contributed by atoms with Crippen molar-refractivity contribution in [1.82, 2.24) is 0 Å². The predicted molar refractivity (Wildman–Crippen MR) is 135 cm³/mol. The normalized spacial score (nSPS) is 12.4. The number of rotatable bonds is 9. The molecule has 0 bridgehead atoms. The van der Waals surface area contributed by atoms with Gasteiger partial charge in [0.1, 0.15) is 23.7 Å². The molecule has 0 unspecified atom stereocenters. The molecule has 1 aromatic heterocycles. The van der Waals surface area contributed by atoms with Crippen molar-refractivity contribution in [3.05, 3.63) is 64.9 Å². The Balaban J connectivity index is 2.05. The molecule has 0 aliphatic heterocycles. The van der Waals surface area contributed by atoms with Crippen molar-refractivity contribution in [2.75, 3.05) is 6.61 Å². The highest BCUT2D eigenvalue weighted by Crippen LogP contribution is 2.43. The highest BCUT2D eigenvalue weighted by atomic mass is 16.5. The number of carbonyl (C=O) groups excluding carboxylic acids is 1. The lowest BCUT2D eigenvalue weighted by Gasteiger charge is -2.31. The van der Waals surface area contributed by atoms with E-state index in [1.807, 2.05) is 32.9 Å². The maximum absolute atomic E-state index is 12.4. The van der Waals surface area contributed by atoms with Crippen molar-refractivity contribution in [2.45, 2.75) is 72.6 Å². The van der Waals surface area contributed by atoms with E-state index in [-0.39, 0.29) is 29.3 Å². The number of benzene rings is 2. The van der Waals surface area contributed by atoms with Crippen LogP contribution in [0.3, 0.4) is 0 Å². The van der Waals surface area contributed by atoms with Crippen LogP contribution in [0, 0.1) is 5.41 Å². The number of ether oxygens (including phenoxy) is 1. The van der Waals surface area contributed by atoms with Gasteiger partial charge in [0.2, 0.25) is 0 Å². The minimum atomic E-state index is -0.955. The highest BCUT2D eigenvalue weighted by molar-refractivity contribution is 5.93. The highest BCUT2D eigenvalue weighted by Gasteiger charge is 2.35. The lowest BCUT2D eigenvalue weighted by atomic mass is 9.73. The molecule has 0 aliphatic rings. The fourth-order valence-corrected chi connectivity index (χ4v) is 4.35. The van der Waals surface area contributed by atoms with Gasteiger partial charge in [-0.1, -0.05) is 60.6 Å². The summed E-state index contributed by atoms with van der Waals surface area (Å²) in [6.45, 7) is 14.3. The van der Waals surface area contributed by atoms with E-state index in [9.17, 15) is 14.7 Å². The summed E-state index contributed by atoms with van der Waals surface area (Å²) in [4.78, 5) is 23.8. The molecule has 0 fully saturated rings. The van der Waals surface area contributed by atoms with Gasteiger partial charge in [-0.3, -0.25) is 4.79 Å². The summed E-state index contributed by atoms with van der Waals surface area (Å²) in [5.41, 5.74) is 2.27. The summed E-state index contributed by atoms with van der Waals surface area (Å²) in [7, 11) is 0. The fraction of sp³-hybridized carbons (Fsp3) is 0.448. The summed E-state index contributed by atoms with van der Waals surface area (Å²) in [5.74, 6) is 0.865. The number of aromatic carboxylic acids is 1. The SMILES string of the molecule is CCC(CC)(c1ccc(OCC(=O)C(C)(C)C)c(C(C)C)c1)c1cc2cc(C(=O)O)ccc2o1. The lowest BCUT2D eigenvalue weighted by Crippen LogP contribution is -2.27. The van der Waals surface area contributed by atoms with Crippen LogP contribution >= 0.6 is 0 Å². The first-order valence-electron chi connectivity index (χ1n) is 12.0. The molecular formula is C29H36O5. The topological polar surface area (TPSA) is 76.7 Å². The van der Waals surface area contributed by atoms with E-state index in [1.165, 1.54) is 0 Å². The average molecular weight is 465 g/mol. The largest absolute Gasteiger partial charge is 0.486 e.